The topological polar surface area (TPSA) is 41.6 Å². The standard InChI is InChI=1S/C23H21BrN2O2S/c24-18-10-12-19(13-11-18)25-23(27)26-14-15-29-22(26)20-8-4-5-9-21(20)28-16-17-6-2-1-3-7-17/h1-13,22H,14-16H2,(H,25,27)/t22-/m0/s1. The average Bonchev–Trinajstić information content (AvgIpc) is 3.25. The lowest BCUT2D eigenvalue weighted by Gasteiger charge is -2.26. The van der Waals surface area contributed by atoms with Crippen molar-refractivity contribution in [1.82, 2.24) is 4.90 Å². The molecule has 148 valence electrons. The van der Waals surface area contributed by atoms with E-state index in [9.17, 15) is 4.79 Å². The van der Waals surface area contributed by atoms with E-state index in [4.69, 9.17) is 4.74 Å². The van der Waals surface area contributed by atoms with Gasteiger partial charge >= 0.3 is 6.03 Å². The maximum atomic E-state index is 12.9. The fraction of sp³-hybridized carbons (Fsp3) is 0.174. The molecule has 1 aliphatic heterocycles. The van der Waals surface area contributed by atoms with E-state index in [-0.39, 0.29) is 11.4 Å². The van der Waals surface area contributed by atoms with Crippen LogP contribution < -0.4 is 10.1 Å². The fourth-order valence-electron chi connectivity index (χ4n) is 3.22. The minimum Gasteiger partial charge on any atom is -0.489 e. The van der Waals surface area contributed by atoms with Gasteiger partial charge in [0.2, 0.25) is 0 Å². The molecule has 0 saturated carbocycles. The number of carbonyl (C=O) groups is 1. The van der Waals surface area contributed by atoms with Crippen molar-refractivity contribution in [2.24, 2.45) is 0 Å². The van der Waals surface area contributed by atoms with Crippen LogP contribution in [0.3, 0.4) is 0 Å². The number of ether oxygens (including phenoxy) is 1. The van der Waals surface area contributed by atoms with Gasteiger partial charge in [0.15, 0.2) is 0 Å². The van der Waals surface area contributed by atoms with Crippen LogP contribution in [-0.4, -0.2) is 23.2 Å². The number of amides is 2. The monoisotopic (exact) mass is 468 g/mol. The molecular weight excluding hydrogens is 448 g/mol. The summed E-state index contributed by atoms with van der Waals surface area (Å²) in [5.74, 6) is 1.71. The van der Waals surface area contributed by atoms with Crippen molar-refractivity contribution < 1.29 is 9.53 Å². The molecule has 1 atom stereocenters. The molecule has 1 aliphatic rings. The number of urea groups is 1. The van der Waals surface area contributed by atoms with Gasteiger partial charge in [-0.3, -0.25) is 0 Å². The van der Waals surface area contributed by atoms with Gasteiger partial charge in [-0.15, -0.1) is 11.8 Å². The maximum Gasteiger partial charge on any atom is 0.323 e. The zero-order valence-electron chi connectivity index (χ0n) is 15.8. The van der Waals surface area contributed by atoms with Crippen molar-refractivity contribution in [3.63, 3.8) is 0 Å². The van der Waals surface area contributed by atoms with Crippen LogP contribution in [0.25, 0.3) is 0 Å². The maximum absolute atomic E-state index is 12.9. The lowest BCUT2D eigenvalue weighted by molar-refractivity contribution is 0.213. The molecule has 0 unspecified atom stereocenters. The third kappa shape index (κ3) is 4.95. The number of halogens is 1. The molecule has 29 heavy (non-hydrogen) atoms. The Morgan fingerprint density at radius 2 is 1.76 bits per heavy atom. The second kappa shape index (κ2) is 9.37. The molecule has 1 fully saturated rings. The first-order chi connectivity index (χ1) is 14.2. The molecule has 3 aromatic carbocycles. The van der Waals surface area contributed by atoms with Gasteiger partial charge in [0.05, 0.1) is 0 Å². The number of benzene rings is 3. The molecule has 0 bridgehead atoms. The van der Waals surface area contributed by atoms with Crippen LogP contribution in [0.5, 0.6) is 5.75 Å². The van der Waals surface area contributed by atoms with Gasteiger partial charge in [-0.25, -0.2) is 4.79 Å². The molecule has 2 amide bonds. The summed E-state index contributed by atoms with van der Waals surface area (Å²) in [6.07, 6.45) is 0. The van der Waals surface area contributed by atoms with E-state index in [0.29, 0.717) is 13.2 Å². The third-order valence-electron chi connectivity index (χ3n) is 4.67. The van der Waals surface area contributed by atoms with E-state index in [2.05, 4.69) is 21.2 Å². The lowest BCUT2D eigenvalue weighted by atomic mass is 10.1. The molecule has 4 nitrogen and oxygen atoms in total. The zero-order valence-corrected chi connectivity index (χ0v) is 18.2. The smallest absolute Gasteiger partial charge is 0.323 e. The number of rotatable bonds is 5. The summed E-state index contributed by atoms with van der Waals surface area (Å²) in [6.45, 7) is 1.20. The average molecular weight is 469 g/mol. The van der Waals surface area contributed by atoms with Gasteiger partial charge in [-0.2, -0.15) is 0 Å². The summed E-state index contributed by atoms with van der Waals surface area (Å²) in [7, 11) is 0. The van der Waals surface area contributed by atoms with Crippen LogP contribution in [0.4, 0.5) is 10.5 Å². The largest absolute Gasteiger partial charge is 0.489 e. The second-order valence-electron chi connectivity index (χ2n) is 6.67. The van der Waals surface area contributed by atoms with E-state index in [1.54, 1.807) is 11.8 Å². The van der Waals surface area contributed by atoms with Crippen molar-refractivity contribution in [2.75, 3.05) is 17.6 Å². The van der Waals surface area contributed by atoms with Gasteiger partial charge in [-0.05, 0) is 35.9 Å². The Morgan fingerprint density at radius 1 is 1.03 bits per heavy atom. The second-order valence-corrected chi connectivity index (χ2v) is 8.77. The van der Waals surface area contributed by atoms with E-state index < -0.39 is 0 Å². The Kier molecular flexibility index (Phi) is 6.42. The number of nitrogens with one attached hydrogen (secondary N) is 1. The SMILES string of the molecule is O=C(Nc1ccc(Br)cc1)N1CCS[C@H]1c1ccccc1OCc1ccccc1. The van der Waals surface area contributed by atoms with Gasteiger partial charge in [0, 0.05) is 28.0 Å². The Labute approximate surface area is 183 Å². The van der Waals surface area contributed by atoms with E-state index >= 15 is 0 Å². The van der Waals surface area contributed by atoms with Crippen LogP contribution in [-0.2, 0) is 6.61 Å². The van der Waals surface area contributed by atoms with Gasteiger partial charge in [0.25, 0.3) is 0 Å². The summed E-state index contributed by atoms with van der Waals surface area (Å²) >= 11 is 5.18. The first-order valence-corrected chi connectivity index (χ1v) is 11.3. The van der Waals surface area contributed by atoms with Crippen LogP contribution in [0.15, 0.2) is 83.3 Å². The number of para-hydroxylation sites is 1. The molecule has 0 aromatic heterocycles. The van der Waals surface area contributed by atoms with Crippen molar-refractivity contribution in [2.45, 2.75) is 12.0 Å². The molecule has 6 heteroatoms. The fourth-order valence-corrected chi connectivity index (χ4v) is 4.76. The van der Waals surface area contributed by atoms with Gasteiger partial charge in [-0.1, -0.05) is 64.5 Å². The molecule has 1 heterocycles. The predicted molar refractivity (Wildman–Crippen MR) is 122 cm³/mol. The number of anilines is 1. The summed E-state index contributed by atoms with van der Waals surface area (Å²) in [4.78, 5) is 14.8. The van der Waals surface area contributed by atoms with Crippen LogP contribution in [0, 0.1) is 0 Å². The number of nitrogens with zero attached hydrogens (tertiary/aromatic N) is 1. The van der Waals surface area contributed by atoms with Crippen molar-refractivity contribution >= 4 is 39.4 Å². The highest BCUT2D eigenvalue weighted by atomic mass is 79.9. The molecule has 0 aliphatic carbocycles. The number of hydrogen-bond donors (Lipinski definition) is 1. The Morgan fingerprint density at radius 3 is 2.55 bits per heavy atom. The highest BCUT2D eigenvalue weighted by molar-refractivity contribution is 9.10. The molecule has 0 spiro atoms. The van der Waals surface area contributed by atoms with Crippen LogP contribution in [0.2, 0.25) is 0 Å². The van der Waals surface area contributed by atoms with Gasteiger partial charge < -0.3 is 15.0 Å². The Hall–Kier alpha value is -2.44. The summed E-state index contributed by atoms with van der Waals surface area (Å²) < 4.78 is 7.10. The third-order valence-corrected chi connectivity index (χ3v) is 6.44. The first-order valence-electron chi connectivity index (χ1n) is 9.41. The Balaban J connectivity index is 1.49. The molecule has 1 saturated heterocycles. The normalized spacial score (nSPS) is 15.9. The quantitative estimate of drug-likeness (QED) is 0.476. The van der Waals surface area contributed by atoms with Crippen LogP contribution in [0.1, 0.15) is 16.5 Å². The van der Waals surface area contributed by atoms with E-state index in [1.165, 1.54) is 0 Å². The van der Waals surface area contributed by atoms with Crippen LogP contribution >= 0.6 is 27.7 Å². The zero-order chi connectivity index (χ0) is 20.1. The highest BCUT2D eigenvalue weighted by Crippen LogP contribution is 2.42. The van der Waals surface area contributed by atoms with E-state index in [1.807, 2.05) is 83.8 Å². The molecule has 1 N–H and O–H groups in total. The Bertz CT molecular complexity index is 966. The molecule has 4 rings (SSSR count). The van der Waals surface area contributed by atoms with Gasteiger partial charge in [0.1, 0.15) is 17.7 Å². The minimum absolute atomic E-state index is 0.0718. The molecule has 0 radical (unpaired) electrons. The minimum atomic E-state index is -0.0971. The number of carbonyl (C=O) groups excluding carboxylic acids is 1. The lowest BCUT2D eigenvalue weighted by Crippen LogP contribution is -2.34. The van der Waals surface area contributed by atoms with Crippen molar-refractivity contribution in [1.29, 1.82) is 0 Å². The highest BCUT2D eigenvalue weighted by Gasteiger charge is 2.32. The molecular formula is C23H21BrN2O2S. The first kappa shape index (κ1) is 19.9. The van der Waals surface area contributed by atoms with Crippen molar-refractivity contribution in [3.8, 4) is 5.75 Å². The van der Waals surface area contributed by atoms with E-state index in [0.717, 1.165) is 32.8 Å². The number of thioether (sulfide) groups is 1. The predicted octanol–water partition coefficient (Wildman–Crippen LogP) is 6.31. The molecule has 3 aromatic rings. The summed E-state index contributed by atoms with van der Waals surface area (Å²) in [5.41, 5.74) is 2.92. The number of hydrogen-bond acceptors (Lipinski definition) is 3. The summed E-state index contributed by atoms with van der Waals surface area (Å²) in [5, 5.41) is 2.93. The van der Waals surface area contributed by atoms with Crippen molar-refractivity contribution in [3.05, 3.63) is 94.5 Å². The summed E-state index contributed by atoms with van der Waals surface area (Å²) in [6, 6.07) is 25.6.